The highest BCUT2D eigenvalue weighted by molar-refractivity contribution is 7.86. The number of halogens is 1. The van der Waals surface area contributed by atoms with E-state index >= 15 is 0 Å². The second-order valence-corrected chi connectivity index (χ2v) is 9.03. The zero-order chi connectivity index (χ0) is 23.4. The van der Waals surface area contributed by atoms with Gasteiger partial charge in [0.05, 0.1) is 10.8 Å². The fourth-order valence-electron chi connectivity index (χ4n) is 3.38. The summed E-state index contributed by atoms with van der Waals surface area (Å²) in [6.07, 6.45) is 4.25. The maximum atomic E-state index is 12.8. The highest BCUT2D eigenvalue weighted by Gasteiger charge is 2.37. The van der Waals surface area contributed by atoms with E-state index in [0.717, 1.165) is 10.6 Å². The minimum Gasteiger partial charge on any atom is -0.272 e. The van der Waals surface area contributed by atoms with Crippen LogP contribution in [0.4, 0.5) is 5.95 Å². The molecule has 1 N–H and O–H groups in total. The van der Waals surface area contributed by atoms with Crippen molar-refractivity contribution in [2.45, 2.75) is 24.7 Å². The topological polar surface area (TPSA) is 105 Å². The Balaban J connectivity index is 1.35. The van der Waals surface area contributed by atoms with Crippen LogP contribution in [0.1, 0.15) is 29.3 Å². The van der Waals surface area contributed by atoms with Crippen LogP contribution in [0, 0.1) is 5.92 Å². The summed E-state index contributed by atoms with van der Waals surface area (Å²) >= 11 is 5.87. The van der Waals surface area contributed by atoms with Gasteiger partial charge < -0.3 is 0 Å². The van der Waals surface area contributed by atoms with E-state index in [1.165, 1.54) is 0 Å². The number of carbonyl (C=O) groups excluding carboxylic acids is 2. The smallest absolute Gasteiger partial charge is 0.272 e. The number of hydrogen-bond donors (Lipinski definition) is 1. The lowest BCUT2D eigenvalue weighted by atomic mass is 9.95. The molecule has 10 heteroatoms. The van der Waals surface area contributed by atoms with Crippen molar-refractivity contribution >= 4 is 46.1 Å². The quantitative estimate of drug-likeness (QED) is 0.516. The predicted molar refractivity (Wildman–Crippen MR) is 126 cm³/mol. The van der Waals surface area contributed by atoms with Crippen LogP contribution in [0.25, 0.3) is 0 Å². The molecule has 2 amide bonds. The van der Waals surface area contributed by atoms with Crippen LogP contribution < -0.4 is 4.72 Å². The Morgan fingerprint density at radius 1 is 1.09 bits per heavy atom. The molecule has 0 saturated carbocycles. The number of rotatable bonds is 7. The molecular weight excluding hydrogens is 462 g/mol. The van der Waals surface area contributed by atoms with Crippen molar-refractivity contribution < 1.29 is 13.8 Å². The van der Waals surface area contributed by atoms with Crippen molar-refractivity contribution in [1.82, 2.24) is 15.0 Å². The Labute approximate surface area is 198 Å². The number of amides is 2. The minimum atomic E-state index is -1.49. The standard InChI is InChI=1S/C23H20ClN5O3S/c1-15-20(22(31)29(27-15)21(30)17-6-8-18(24)9-7-17)12-5-16-3-10-19(11-4-16)33(32)28-23-25-13-2-14-26-23/h2-4,6-11,13-14,20H,5,12H2,1H3,(H,25,26,28). The molecule has 1 aliphatic heterocycles. The van der Waals surface area contributed by atoms with Gasteiger partial charge >= 0.3 is 0 Å². The van der Waals surface area contributed by atoms with Gasteiger partial charge in [0.1, 0.15) is 0 Å². The molecule has 33 heavy (non-hydrogen) atoms. The zero-order valence-electron chi connectivity index (χ0n) is 17.6. The summed E-state index contributed by atoms with van der Waals surface area (Å²) in [5, 5.41) is 5.64. The lowest BCUT2D eigenvalue weighted by molar-refractivity contribution is -0.129. The number of nitrogens with one attached hydrogen (secondary N) is 1. The van der Waals surface area contributed by atoms with Crippen molar-refractivity contribution in [3.05, 3.63) is 83.1 Å². The van der Waals surface area contributed by atoms with E-state index < -0.39 is 22.8 Å². The fraction of sp³-hybridized carbons (Fsp3) is 0.174. The molecule has 2 heterocycles. The number of benzene rings is 2. The van der Waals surface area contributed by atoms with Crippen LogP contribution in [0.2, 0.25) is 5.02 Å². The first-order valence-electron chi connectivity index (χ1n) is 10.2. The van der Waals surface area contributed by atoms with Crippen molar-refractivity contribution in [2.24, 2.45) is 11.0 Å². The van der Waals surface area contributed by atoms with Gasteiger partial charge in [0, 0.05) is 28.7 Å². The van der Waals surface area contributed by atoms with Gasteiger partial charge in [0.15, 0.2) is 11.0 Å². The number of carbonyl (C=O) groups is 2. The third-order valence-corrected chi connectivity index (χ3v) is 6.48. The van der Waals surface area contributed by atoms with Crippen LogP contribution >= 0.6 is 11.6 Å². The number of aryl methyl sites for hydroxylation is 1. The monoisotopic (exact) mass is 481 g/mol. The molecule has 8 nitrogen and oxygen atoms in total. The van der Waals surface area contributed by atoms with Crippen LogP contribution in [-0.2, 0) is 22.2 Å². The van der Waals surface area contributed by atoms with Crippen LogP contribution in [0.5, 0.6) is 0 Å². The molecule has 4 rings (SSSR count). The molecule has 2 unspecified atom stereocenters. The molecule has 0 saturated heterocycles. The van der Waals surface area contributed by atoms with E-state index in [0.29, 0.717) is 34.0 Å². The molecule has 1 aliphatic rings. The first-order valence-corrected chi connectivity index (χ1v) is 11.7. The lowest BCUT2D eigenvalue weighted by Gasteiger charge is -2.13. The summed E-state index contributed by atoms with van der Waals surface area (Å²) in [5.41, 5.74) is 1.94. The molecule has 0 radical (unpaired) electrons. The summed E-state index contributed by atoms with van der Waals surface area (Å²) in [6, 6.07) is 15.3. The first kappa shape index (κ1) is 22.8. The maximum absolute atomic E-state index is 12.8. The van der Waals surface area contributed by atoms with Crippen molar-refractivity contribution in [1.29, 1.82) is 0 Å². The average molecular weight is 482 g/mol. The van der Waals surface area contributed by atoms with E-state index in [2.05, 4.69) is 19.8 Å². The van der Waals surface area contributed by atoms with Gasteiger partial charge in [0.25, 0.3) is 11.8 Å². The van der Waals surface area contributed by atoms with Gasteiger partial charge in [-0.05, 0) is 67.8 Å². The fourth-order valence-corrected chi connectivity index (χ4v) is 4.28. The second-order valence-electron chi connectivity index (χ2n) is 7.38. The molecular formula is C23H20ClN5O3S. The lowest BCUT2D eigenvalue weighted by Crippen LogP contribution is -2.32. The van der Waals surface area contributed by atoms with Gasteiger partial charge in [-0.2, -0.15) is 10.1 Å². The number of anilines is 1. The van der Waals surface area contributed by atoms with Gasteiger partial charge in [-0.15, -0.1) is 0 Å². The molecule has 168 valence electrons. The molecule has 0 spiro atoms. The summed E-state index contributed by atoms with van der Waals surface area (Å²) in [5.74, 6) is -0.989. The van der Waals surface area contributed by atoms with Crippen molar-refractivity contribution in [3.63, 3.8) is 0 Å². The maximum Gasteiger partial charge on any atom is 0.281 e. The van der Waals surface area contributed by atoms with E-state index in [9.17, 15) is 13.8 Å². The molecule has 3 aromatic rings. The number of imide groups is 1. The van der Waals surface area contributed by atoms with Gasteiger partial charge in [-0.25, -0.2) is 14.2 Å². The highest BCUT2D eigenvalue weighted by atomic mass is 35.5. The zero-order valence-corrected chi connectivity index (χ0v) is 19.2. The highest BCUT2D eigenvalue weighted by Crippen LogP contribution is 2.24. The second kappa shape index (κ2) is 10.0. The van der Waals surface area contributed by atoms with E-state index in [1.54, 1.807) is 61.8 Å². The van der Waals surface area contributed by atoms with E-state index in [4.69, 9.17) is 11.6 Å². The molecule has 1 aromatic heterocycles. The third-order valence-electron chi connectivity index (χ3n) is 5.16. The normalized spacial score (nSPS) is 16.4. The molecule has 0 bridgehead atoms. The van der Waals surface area contributed by atoms with E-state index in [1.807, 2.05) is 12.1 Å². The van der Waals surface area contributed by atoms with Crippen molar-refractivity contribution in [3.8, 4) is 0 Å². The SMILES string of the molecule is CC1=NN(C(=O)c2ccc(Cl)cc2)C(=O)C1CCc1ccc(S(=O)Nc2ncccn2)cc1. The summed E-state index contributed by atoms with van der Waals surface area (Å²) < 4.78 is 15.2. The average Bonchev–Trinajstić information content (AvgIpc) is 3.11. The Kier molecular flexibility index (Phi) is 6.90. The number of nitrogens with zero attached hydrogens (tertiary/aromatic N) is 4. The van der Waals surface area contributed by atoms with Crippen molar-refractivity contribution in [2.75, 3.05) is 4.72 Å². The van der Waals surface area contributed by atoms with Crippen LogP contribution in [-0.4, -0.2) is 36.7 Å². The largest absolute Gasteiger partial charge is 0.281 e. The van der Waals surface area contributed by atoms with Gasteiger partial charge in [0.2, 0.25) is 5.95 Å². The summed E-state index contributed by atoms with van der Waals surface area (Å²) in [6.45, 7) is 1.75. The molecule has 0 fully saturated rings. The van der Waals surface area contributed by atoms with Crippen LogP contribution in [0.3, 0.4) is 0 Å². The number of hydrogen-bond acceptors (Lipinski definition) is 6. The number of aromatic nitrogens is 2. The molecule has 0 aliphatic carbocycles. The van der Waals surface area contributed by atoms with E-state index in [-0.39, 0.29) is 11.9 Å². The third kappa shape index (κ3) is 5.32. The minimum absolute atomic E-state index is 0.284. The molecule has 2 atom stereocenters. The Morgan fingerprint density at radius 3 is 2.42 bits per heavy atom. The number of hydrazone groups is 1. The van der Waals surface area contributed by atoms with Crippen LogP contribution in [0.15, 0.2) is 77.0 Å². The summed E-state index contributed by atoms with van der Waals surface area (Å²) in [4.78, 5) is 34.1. The first-order chi connectivity index (χ1) is 15.9. The van der Waals surface area contributed by atoms with Gasteiger partial charge in [-0.3, -0.25) is 14.3 Å². The Morgan fingerprint density at radius 2 is 1.76 bits per heavy atom. The Hall–Kier alpha value is -3.43. The summed E-state index contributed by atoms with van der Waals surface area (Å²) in [7, 11) is -1.49. The predicted octanol–water partition coefficient (Wildman–Crippen LogP) is 3.87. The molecule has 2 aromatic carbocycles. The van der Waals surface area contributed by atoms with Gasteiger partial charge in [-0.1, -0.05) is 23.7 Å². The Bertz CT molecular complexity index is 1220.